The summed E-state index contributed by atoms with van der Waals surface area (Å²) in [4.78, 5) is 36.5. The summed E-state index contributed by atoms with van der Waals surface area (Å²) in [5.41, 5.74) is 9.80. The van der Waals surface area contributed by atoms with Crippen LogP contribution in [-0.4, -0.2) is 37.1 Å². The first kappa shape index (κ1) is 25.4. The number of nitrogens with one attached hydrogen (secondary N) is 2. The minimum absolute atomic E-state index is 0.247. The van der Waals surface area contributed by atoms with Gasteiger partial charge in [0.05, 0.1) is 29.6 Å². The van der Waals surface area contributed by atoms with Crippen molar-refractivity contribution in [3.05, 3.63) is 87.9 Å². The number of carbonyl (C=O) groups excluding carboxylic acids is 3. The molecule has 3 aromatic rings. The minimum Gasteiger partial charge on any atom is -0.493 e. The lowest BCUT2D eigenvalue weighted by atomic mass is 10.1. The first-order chi connectivity index (χ1) is 16.8. The number of ether oxygens (including phenoxy) is 2. The molecule has 0 bridgehead atoms. The number of halogens is 1. The van der Waals surface area contributed by atoms with Gasteiger partial charge in [0.2, 0.25) is 0 Å². The van der Waals surface area contributed by atoms with Gasteiger partial charge in [-0.05, 0) is 65.3 Å². The van der Waals surface area contributed by atoms with Crippen LogP contribution in [0.15, 0.2) is 76.3 Å². The number of anilines is 1. The molecule has 0 aliphatic heterocycles. The summed E-state index contributed by atoms with van der Waals surface area (Å²) >= 11 is 3.36. The fourth-order valence-corrected chi connectivity index (χ4v) is 3.51. The van der Waals surface area contributed by atoms with E-state index in [0.717, 1.165) is 0 Å². The Morgan fingerprint density at radius 2 is 1.63 bits per heavy atom. The molecule has 0 aromatic heterocycles. The molecule has 0 unspecified atom stereocenters. The smallest absolute Gasteiger partial charge is 0.273 e. The average Bonchev–Trinajstić information content (AvgIpc) is 2.86. The van der Waals surface area contributed by atoms with Crippen LogP contribution in [-0.2, 0) is 4.79 Å². The Hall–Kier alpha value is -4.18. The van der Waals surface area contributed by atoms with Gasteiger partial charge >= 0.3 is 0 Å². The van der Waals surface area contributed by atoms with E-state index >= 15 is 0 Å². The van der Waals surface area contributed by atoms with Gasteiger partial charge in [-0.3, -0.25) is 14.4 Å². The van der Waals surface area contributed by atoms with Gasteiger partial charge in [-0.2, -0.15) is 5.10 Å². The van der Waals surface area contributed by atoms with Crippen LogP contribution < -0.4 is 25.9 Å². The summed E-state index contributed by atoms with van der Waals surface area (Å²) in [5, 5.41) is 6.94. The Labute approximate surface area is 210 Å². The van der Waals surface area contributed by atoms with Crippen molar-refractivity contribution in [3.63, 3.8) is 0 Å². The Balaban J connectivity index is 1.75. The van der Waals surface area contributed by atoms with Gasteiger partial charge in [0.15, 0.2) is 18.1 Å². The van der Waals surface area contributed by atoms with Gasteiger partial charge in [0, 0.05) is 10.0 Å². The summed E-state index contributed by atoms with van der Waals surface area (Å²) in [6, 6.07) is 18.6. The van der Waals surface area contributed by atoms with E-state index in [-0.39, 0.29) is 18.1 Å². The van der Waals surface area contributed by atoms with Crippen LogP contribution in [0.3, 0.4) is 0 Å². The molecule has 3 amide bonds. The largest absolute Gasteiger partial charge is 0.493 e. The van der Waals surface area contributed by atoms with Crippen LogP contribution in [0.5, 0.6) is 11.5 Å². The van der Waals surface area contributed by atoms with E-state index in [4.69, 9.17) is 15.2 Å². The number of benzene rings is 3. The second-order valence-electron chi connectivity index (χ2n) is 7.24. The highest BCUT2D eigenvalue weighted by atomic mass is 79.9. The molecule has 0 aliphatic rings. The van der Waals surface area contributed by atoms with E-state index in [9.17, 15) is 14.4 Å². The van der Waals surface area contributed by atoms with Crippen LogP contribution in [0, 0.1) is 0 Å². The van der Waals surface area contributed by atoms with Crippen LogP contribution in [0.4, 0.5) is 5.69 Å². The Kier molecular flexibility index (Phi) is 8.58. The standard InChI is InChI=1S/C25H23BrN4O5/c1-15(16-11-12-21(22(13-16)34-2)35-14-23(27)31)29-30-25(33)18-8-4-6-10-20(18)28-24(32)17-7-3-5-9-19(17)26/h3-13H,14H2,1-2H3,(H2,27,31)(H,28,32)(H,30,33). The summed E-state index contributed by atoms with van der Waals surface area (Å²) in [5.74, 6) is -0.736. The molecule has 4 N–H and O–H groups in total. The molecule has 3 aromatic carbocycles. The van der Waals surface area contributed by atoms with E-state index in [1.165, 1.54) is 7.11 Å². The summed E-state index contributed by atoms with van der Waals surface area (Å²) in [7, 11) is 1.46. The predicted molar refractivity (Wildman–Crippen MR) is 136 cm³/mol. The van der Waals surface area contributed by atoms with E-state index < -0.39 is 11.8 Å². The zero-order valence-electron chi connectivity index (χ0n) is 19.0. The van der Waals surface area contributed by atoms with Crippen molar-refractivity contribution in [2.45, 2.75) is 6.92 Å². The molecular formula is C25H23BrN4O5. The van der Waals surface area contributed by atoms with Crippen molar-refractivity contribution >= 4 is 45.1 Å². The maximum Gasteiger partial charge on any atom is 0.273 e. The maximum atomic E-state index is 12.8. The highest BCUT2D eigenvalue weighted by molar-refractivity contribution is 9.10. The molecule has 10 heteroatoms. The Morgan fingerprint density at radius 1 is 0.943 bits per heavy atom. The predicted octanol–water partition coefficient (Wildman–Crippen LogP) is 3.73. The number of carbonyl (C=O) groups is 3. The minimum atomic E-state index is -0.607. The van der Waals surface area contributed by atoms with Gasteiger partial charge in [-0.25, -0.2) is 5.43 Å². The van der Waals surface area contributed by atoms with Crippen molar-refractivity contribution < 1.29 is 23.9 Å². The van der Waals surface area contributed by atoms with E-state index in [2.05, 4.69) is 31.8 Å². The molecule has 0 atom stereocenters. The number of amides is 3. The zero-order valence-corrected chi connectivity index (χ0v) is 20.6. The number of para-hydroxylation sites is 1. The van der Waals surface area contributed by atoms with Crippen LogP contribution in [0.1, 0.15) is 33.2 Å². The van der Waals surface area contributed by atoms with Gasteiger partial charge < -0.3 is 20.5 Å². The number of hydrogen-bond acceptors (Lipinski definition) is 6. The molecule has 0 saturated carbocycles. The number of rotatable bonds is 9. The SMILES string of the molecule is COc1cc(C(C)=NNC(=O)c2ccccc2NC(=O)c2ccccc2Br)ccc1OCC(N)=O. The molecule has 0 fully saturated rings. The first-order valence-corrected chi connectivity index (χ1v) is 11.2. The lowest BCUT2D eigenvalue weighted by Crippen LogP contribution is -2.22. The van der Waals surface area contributed by atoms with Crippen molar-refractivity contribution in [3.8, 4) is 11.5 Å². The number of hydrogen-bond donors (Lipinski definition) is 3. The lowest BCUT2D eigenvalue weighted by molar-refractivity contribution is -0.119. The molecule has 9 nitrogen and oxygen atoms in total. The third-order valence-electron chi connectivity index (χ3n) is 4.81. The summed E-state index contributed by atoms with van der Waals surface area (Å²) in [6.45, 7) is 1.43. The molecule has 0 radical (unpaired) electrons. The Morgan fingerprint density at radius 3 is 2.31 bits per heavy atom. The van der Waals surface area contributed by atoms with Crippen molar-refractivity contribution in [1.82, 2.24) is 5.43 Å². The van der Waals surface area contributed by atoms with Crippen molar-refractivity contribution in [2.24, 2.45) is 10.8 Å². The van der Waals surface area contributed by atoms with Gasteiger partial charge in [0.1, 0.15) is 0 Å². The van der Waals surface area contributed by atoms with Crippen molar-refractivity contribution in [1.29, 1.82) is 0 Å². The summed E-state index contributed by atoms with van der Waals surface area (Å²) in [6.07, 6.45) is 0. The average molecular weight is 539 g/mol. The lowest BCUT2D eigenvalue weighted by Gasteiger charge is -2.12. The third kappa shape index (κ3) is 6.67. The number of nitrogens with two attached hydrogens (primary N) is 1. The quantitative estimate of drug-likeness (QED) is 0.282. The topological polar surface area (TPSA) is 132 Å². The molecule has 0 aliphatic carbocycles. The molecule has 180 valence electrons. The molecule has 35 heavy (non-hydrogen) atoms. The van der Waals surface area contributed by atoms with Crippen LogP contribution >= 0.6 is 15.9 Å². The Bertz CT molecular complexity index is 1290. The molecule has 3 rings (SSSR count). The molecule has 0 saturated heterocycles. The monoisotopic (exact) mass is 538 g/mol. The number of primary amides is 1. The van der Waals surface area contributed by atoms with E-state index in [1.807, 2.05) is 0 Å². The second-order valence-corrected chi connectivity index (χ2v) is 8.09. The molecular weight excluding hydrogens is 516 g/mol. The van der Waals surface area contributed by atoms with Crippen molar-refractivity contribution in [2.75, 3.05) is 19.0 Å². The second kappa shape index (κ2) is 11.8. The number of methoxy groups -OCH3 is 1. The fraction of sp³-hybridized carbons (Fsp3) is 0.120. The number of hydrazone groups is 1. The van der Waals surface area contributed by atoms with Gasteiger partial charge in [0.25, 0.3) is 17.7 Å². The highest BCUT2D eigenvalue weighted by Gasteiger charge is 2.16. The fourth-order valence-electron chi connectivity index (χ4n) is 3.05. The van der Waals surface area contributed by atoms with Crippen LogP contribution in [0.2, 0.25) is 0 Å². The maximum absolute atomic E-state index is 12.8. The number of nitrogens with zero attached hydrogens (tertiary/aromatic N) is 1. The third-order valence-corrected chi connectivity index (χ3v) is 5.51. The molecule has 0 heterocycles. The normalized spacial score (nSPS) is 10.9. The zero-order chi connectivity index (χ0) is 25.4. The van der Waals surface area contributed by atoms with E-state index in [1.54, 1.807) is 73.7 Å². The van der Waals surface area contributed by atoms with Gasteiger partial charge in [-0.15, -0.1) is 0 Å². The van der Waals surface area contributed by atoms with Crippen LogP contribution in [0.25, 0.3) is 0 Å². The first-order valence-electron chi connectivity index (χ1n) is 10.4. The molecule has 0 spiro atoms. The van der Waals surface area contributed by atoms with Gasteiger partial charge in [-0.1, -0.05) is 24.3 Å². The summed E-state index contributed by atoms with van der Waals surface area (Å²) < 4.78 is 11.3. The highest BCUT2D eigenvalue weighted by Crippen LogP contribution is 2.28. The van der Waals surface area contributed by atoms with E-state index in [0.29, 0.717) is 38.5 Å².